The van der Waals surface area contributed by atoms with E-state index in [0.717, 1.165) is 48.6 Å². The smallest absolute Gasteiger partial charge is 0.0683 e. The van der Waals surface area contributed by atoms with Crippen LogP contribution in [0.5, 0.6) is 0 Å². The second kappa shape index (κ2) is 5.17. The molecule has 0 aromatic heterocycles. The number of nitrogens with two attached hydrogens (primary N) is 1. The average Bonchev–Trinajstić information content (AvgIpc) is 2.52. The van der Waals surface area contributed by atoms with Crippen LogP contribution in [-0.4, -0.2) is 11.4 Å². The van der Waals surface area contributed by atoms with Gasteiger partial charge in [0.05, 0.1) is 11.4 Å². The summed E-state index contributed by atoms with van der Waals surface area (Å²) in [6.07, 6.45) is 2.77. The third-order valence-electron chi connectivity index (χ3n) is 4.28. The molecular weight excluding hydrogens is 258 g/mol. The van der Waals surface area contributed by atoms with Gasteiger partial charge in [0.15, 0.2) is 0 Å². The molecule has 21 heavy (non-hydrogen) atoms. The molecule has 1 aliphatic heterocycles. The van der Waals surface area contributed by atoms with Crippen LogP contribution < -0.4 is 11.1 Å². The molecule has 3 heteroatoms. The summed E-state index contributed by atoms with van der Waals surface area (Å²) in [5.41, 5.74) is 13.9. The predicted molar refractivity (Wildman–Crippen MR) is 87.1 cm³/mol. The largest absolute Gasteiger partial charge is 0.397 e. The van der Waals surface area contributed by atoms with E-state index in [4.69, 9.17) is 5.73 Å². The van der Waals surface area contributed by atoms with Gasteiger partial charge in [-0.2, -0.15) is 0 Å². The standard InChI is InChI=1S/C18H21N3/c1-4-20-10-14-5-6-15-7-8-21(11-16(15)9-14)18-13(3)12(2)17(18)19/h4-6,9,20H,1-3,7-8,10-11,19H2. The maximum atomic E-state index is 6.06. The van der Waals surface area contributed by atoms with Crippen LogP contribution in [0.25, 0.3) is 0 Å². The van der Waals surface area contributed by atoms with Gasteiger partial charge in [-0.15, -0.1) is 0 Å². The summed E-state index contributed by atoms with van der Waals surface area (Å²) in [4.78, 5) is 2.32. The number of rotatable bonds is 4. The summed E-state index contributed by atoms with van der Waals surface area (Å²) in [6.45, 7) is 14.4. The van der Waals surface area contributed by atoms with Crippen LogP contribution in [0, 0.1) is 0 Å². The molecule has 3 rings (SSSR count). The van der Waals surface area contributed by atoms with E-state index in [1.54, 1.807) is 6.20 Å². The van der Waals surface area contributed by atoms with Gasteiger partial charge in [0.25, 0.3) is 0 Å². The number of nitrogens with zero attached hydrogens (tertiary/aromatic N) is 1. The van der Waals surface area contributed by atoms with E-state index >= 15 is 0 Å². The Kier molecular flexibility index (Phi) is 3.34. The molecule has 1 aliphatic carbocycles. The van der Waals surface area contributed by atoms with Crippen molar-refractivity contribution in [2.24, 2.45) is 5.73 Å². The zero-order chi connectivity index (χ0) is 15.0. The van der Waals surface area contributed by atoms with Gasteiger partial charge in [-0.05, 0) is 29.3 Å². The number of benzene rings is 1. The third-order valence-corrected chi connectivity index (χ3v) is 4.28. The van der Waals surface area contributed by atoms with Gasteiger partial charge in [0.2, 0.25) is 0 Å². The minimum Gasteiger partial charge on any atom is -0.397 e. The van der Waals surface area contributed by atoms with Crippen LogP contribution in [0.15, 0.2) is 66.7 Å². The summed E-state index contributed by atoms with van der Waals surface area (Å²) < 4.78 is 0. The molecule has 3 N–H and O–H groups in total. The molecule has 1 aromatic carbocycles. The number of hydrogen-bond acceptors (Lipinski definition) is 3. The fourth-order valence-corrected chi connectivity index (χ4v) is 3.01. The van der Waals surface area contributed by atoms with Gasteiger partial charge >= 0.3 is 0 Å². The van der Waals surface area contributed by atoms with Crippen molar-refractivity contribution in [1.29, 1.82) is 0 Å². The third kappa shape index (κ3) is 2.25. The molecule has 0 amide bonds. The summed E-state index contributed by atoms with van der Waals surface area (Å²) in [5, 5.41) is 3.14. The van der Waals surface area contributed by atoms with Crippen molar-refractivity contribution >= 4 is 0 Å². The highest BCUT2D eigenvalue weighted by molar-refractivity contribution is 5.65. The van der Waals surface area contributed by atoms with E-state index in [9.17, 15) is 0 Å². The normalized spacial score (nSPS) is 17.4. The van der Waals surface area contributed by atoms with E-state index < -0.39 is 0 Å². The maximum Gasteiger partial charge on any atom is 0.0683 e. The fraction of sp³-hybridized carbons (Fsp3) is 0.222. The van der Waals surface area contributed by atoms with Gasteiger partial charge in [-0.1, -0.05) is 37.9 Å². The van der Waals surface area contributed by atoms with Crippen LogP contribution >= 0.6 is 0 Å². The molecule has 0 spiro atoms. The van der Waals surface area contributed by atoms with Crippen molar-refractivity contribution < 1.29 is 0 Å². The van der Waals surface area contributed by atoms with Crippen molar-refractivity contribution in [3.05, 3.63) is 83.4 Å². The fourth-order valence-electron chi connectivity index (χ4n) is 3.01. The van der Waals surface area contributed by atoms with Crippen molar-refractivity contribution in [1.82, 2.24) is 10.2 Å². The molecule has 108 valence electrons. The molecule has 0 unspecified atom stereocenters. The van der Waals surface area contributed by atoms with Crippen molar-refractivity contribution in [2.45, 2.75) is 19.5 Å². The summed E-state index contributed by atoms with van der Waals surface area (Å²) in [7, 11) is 0. The van der Waals surface area contributed by atoms with Crippen molar-refractivity contribution in [3.8, 4) is 0 Å². The number of nitrogens with one attached hydrogen (secondary N) is 1. The zero-order valence-electron chi connectivity index (χ0n) is 12.3. The van der Waals surface area contributed by atoms with E-state index in [2.05, 4.69) is 48.2 Å². The number of allylic oxidation sites excluding steroid dienone is 2. The molecule has 0 fully saturated rings. The van der Waals surface area contributed by atoms with Crippen LogP contribution in [0.4, 0.5) is 0 Å². The van der Waals surface area contributed by atoms with Gasteiger partial charge in [0, 0.05) is 30.8 Å². The summed E-state index contributed by atoms with van der Waals surface area (Å²) in [5.74, 6) is 0. The molecule has 0 bridgehead atoms. The molecule has 0 atom stereocenters. The molecular formula is C18H21N3. The highest BCUT2D eigenvalue weighted by Crippen LogP contribution is 2.38. The Morgan fingerprint density at radius 3 is 2.76 bits per heavy atom. The van der Waals surface area contributed by atoms with Crippen LogP contribution in [0.3, 0.4) is 0 Å². The van der Waals surface area contributed by atoms with Crippen LogP contribution in [0.1, 0.15) is 16.7 Å². The Balaban J connectivity index is 1.83. The van der Waals surface area contributed by atoms with Crippen molar-refractivity contribution in [2.75, 3.05) is 6.54 Å². The monoisotopic (exact) mass is 279 g/mol. The SMILES string of the molecule is C=CNCc1ccc2c(c1)CN(C1=C(N)C(=C)C1=C)CC2. The van der Waals surface area contributed by atoms with Gasteiger partial charge < -0.3 is 16.0 Å². The Morgan fingerprint density at radius 2 is 2.05 bits per heavy atom. The lowest BCUT2D eigenvalue weighted by atomic mass is 9.87. The van der Waals surface area contributed by atoms with Gasteiger partial charge in [-0.3, -0.25) is 0 Å². The quantitative estimate of drug-likeness (QED) is 0.890. The molecule has 0 radical (unpaired) electrons. The van der Waals surface area contributed by atoms with E-state index in [1.807, 2.05) is 0 Å². The van der Waals surface area contributed by atoms with E-state index in [0.29, 0.717) is 0 Å². The lowest BCUT2D eigenvalue weighted by Crippen LogP contribution is -2.37. The second-order valence-corrected chi connectivity index (χ2v) is 5.58. The first kappa shape index (κ1) is 13.6. The lowest BCUT2D eigenvalue weighted by Gasteiger charge is -2.39. The molecule has 0 saturated carbocycles. The van der Waals surface area contributed by atoms with Crippen LogP contribution in [-0.2, 0) is 19.5 Å². The Labute approximate surface area is 126 Å². The molecule has 1 aromatic rings. The molecule has 0 saturated heterocycles. The first-order valence-corrected chi connectivity index (χ1v) is 7.20. The molecule has 1 heterocycles. The summed E-state index contributed by atoms with van der Waals surface area (Å²) >= 11 is 0. The summed E-state index contributed by atoms with van der Waals surface area (Å²) in [6, 6.07) is 6.69. The minimum absolute atomic E-state index is 0.799. The Morgan fingerprint density at radius 1 is 1.24 bits per heavy atom. The van der Waals surface area contributed by atoms with Gasteiger partial charge in [0.1, 0.15) is 0 Å². The van der Waals surface area contributed by atoms with E-state index in [-0.39, 0.29) is 0 Å². The molecule has 3 nitrogen and oxygen atoms in total. The predicted octanol–water partition coefficient (Wildman–Crippen LogP) is 2.57. The van der Waals surface area contributed by atoms with Crippen molar-refractivity contribution in [3.63, 3.8) is 0 Å². The van der Waals surface area contributed by atoms with E-state index in [1.165, 1.54) is 16.7 Å². The topological polar surface area (TPSA) is 41.3 Å². The molecule has 2 aliphatic rings. The van der Waals surface area contributed by atoms with Crippen LogP contribution in [0.2, 0.25) is 0 Å². The average molecular weight is 279 g/mol. The number of hydrogen-bond donors (Lipinski definition) is 2. The highest BCUT2D eigenvalue weighted by atomic mass is 15.2. The second-order valence-electron chi connectivity index (χ2n) is 5.58. The Hall–Kier alpha value is -2.42. The number of fused-ring (bicyclic) bond motifs is 1. The highest BCUT2D eigenvalue weighted by Gasteiger charge is 2.30. The first-order valence-electron chi connectivity index (χ1n) is 7.20. The minimum atomic E-state index is 0.799. The lowest BCUT2D eigenvalue weighted by molar-refractivity contribution is 0.320. The first-order chi connectivity index (χ1) is 10.1. The Bertz CT molecular complexity index is 667. The maximum absolute atomic E-state index is 6.06. The van der Waals surface area contributed by atoms with Gasteiger partial charge in [-0.25, -0.2) is 0 Å². The zero-order valence-corrected chi connectivity index (χ0v) is 12.3.